The number of sulfone groups is 1. The Morgan fingerprint density at radius 2 is 1.73 bits per heavy atom. The summed E-state index contributed by atoms with van der Waals surface area (Å²) in [5, 5.41) is 7.95. The van der Waals surface area contributed by atoms with E-state index in [9.17, 15) is 8.42 Å². The first-order valence-electron chi connectivity index (χ1n) is 9.30. The molecule has 0 bridgehead atoms. The van der Waals surface area contributed by atoms with Gasteiger partial charge in [0.2, 0.25) is 0 Å². The van der Waals surface area contributed by atoms with Crippen molar-refractivity contribution < 1.29 is 27.8 Å². The van der Waals surface area contributed by atoms with Gasteiger partial charge in [-0.05, 0) is 49.7 Å². The molecule has 0 radical (unpaired) electrons. The number of ether oxygens (including phenoxy) is 2. The van der Waals surface area contributed by atoms with Crippen LogP contribution in [0.3, 0.4) is 0 Å². The highest BCUT2D eigenvalue weighted by Gasteiger charge is 2.10. The molecule has 0 saturated carbocycles. The van der Waals surface area contributed by atoms with Crippen LogP contribution in [0.5, 0.6) is 5.75 Å². The maximum atomic E-state index is 11.6. The van der Waals surface area contributed by atoms with E-state index in [1.807, 2.05) is 38.1 Å². The van der Waals surface area contributed by atoms with Crippen LogP contribution in [0.25, 0.3) is 22.2 Å². The lowest BCUT2D eigenvalue weighted by atomic mass is 10.0. The first-order chi connectivity index (χ1) is 14.3. The molecule has 0 aliphatic rings. The molecule has 2 aromatic carbocycles. The lowest BCUT2D eigenvalue weighted by molar-refractivity contribution is -0.122. The van der Waals surface area contributed by atoms with Gasteiger partial charge >= 0.3 is 0 Å². The van der Waals surface area contributed by atoms with Crippen LogP contribution in [0.1, 0.15) is 12.5 Å². The molecule has 0 atom stereocenters. The molecule has 30 heavy (non-hydrogen) atoms. The zero-order valence-electron chi connectivity index (χ0n) is 17.2. The number of pyridine rings is 1. The van der Waals surface area contributed by atoms with Gasteiger partial charge in [0.25, 0.3) is 6.47 Å². The van der Waals surface area contributed by atoms with Gasteiger partial charge in [0.15, 0.2) is 9.84 Å². The molecule has 1 heterocycles. The number of carbonyl (C=O) groups is 1. The van der Waals surface area contributed by atoms with Gasteiger partial charge in [0, 0.05) is 29.9 Å². The Kier molecular flexibility index (Phi) is 8.32. The third-order valence-corrected chi connectivity index (χ3v) is 5.40. The van der Waals surface area contributed by atoms with Crippen LogP contribution in [-0.4, -0.2) is 51.1 Å². The third-order valence-electron chi connectivity index (χ3n) is 4.27. The van der Waals surface area contributed by atoms with Crippen LogP contribution >= 0.6 is 0 Å². The van der Waals surface area contributed by atoms with Crippen LogP contribution in [-0.2, 0) is 19.4 Å². The third kappa shape index (κ3) is 6.27. The number of benzene rings is 2. The van der Waals surface area contributed by atoms with Gasteiger partial charge in [0.05, 0.1) is 22.7 Å². The van der Waals surface area contributed by atoms with Crippen LogP contribution in [0.15, 0.2) is 53.4 Å². The quantitative estimate of drug-likeness (QED) is 0.449. The largest absolute Gasteiger partial charge is 0.491 e. The minimum atomic E-state index is -3.21. The number of aryl methyl sites for hydroxylation is 1. The maximum Gasteiger partial charge on any atom is 0.290 e. The van der Waals surface area contributed by atoms with Crippen LogP contribution in [0.2, 0.25) is 0 Å². The number of carboxylic acid groups (broad SMARTS) is 1. The first-order valence-corrected chi connectivity index (χ1v) is 11.2. The number of hydrogen-bond acceptors (Lipinski definition) is 6. The van der Waals surface area contributed by atoms with Crippen molar-refractivity contribution in [2.24, 2.45) is 0 Å². The summed E-state index contributed by atoms with van der Waals surface area (Å²) in [6, 6.07) is 14.7. The van der Waals surface area contributed by atoms with E-state index in [1.165, 1.54) is 6.26 Å². The Morgan fingerprint density at radius 1 is 1.07 bits per heavy atom. The smallest absolute Gasteiger partial charge is 0.290 e. The summed E-state index contributed by atoms with van der Waals surface area (Å²) < 4.78 is 34.3. The summed E-state index contributed by atoms with van der Waals surface area (Å²) in [4.78, 5) is 13.4. The molecular formula is C22H25NO6S. The van der Waals surface area contributed by atoms with Gasteiger partial charge in [-0.25, -0.2) is 13.4 Å². The summed E-state index contributed by atoms with van der Waals surface area (Å²) in [6.07, 6.45) is 1.20. The van der Waals surface area contributed by atoms with E-state index >= 15 is 0 Å². The van der Waals surface area contributed by atoms with E-state index in [1.54, 1.807) is 24.3 Å². The molecule has 160 valence electrons. The van der Waals surface area contributed by atoms with Gasteiger partial charge in [0.1, 0.15) is 12.4 Å². The van der Waals surface area contributed by atoms with Crippen LogP contribution in [0, 0.1) is 6.92 Å². The second kappa shape index (κ2) is 10.7. The highest BCUT2D eigenvalue weighted by atomic mass is 32.2. The molecule has 0 aliphatic heterocycles. The monoisotopic (exact) mass is 431 g/mol. The van der Waals surface area contributed by atoms with Gasteiger partial charge in [-0.15, -0.1) is 0 Å². The van der Waals surface area contributed by atoms with Crippen molar-refractivity contribution in [2.75, 3.05) is 26.1 Å². The molecule has 3 aromatic rings. The van der Waals surface area contributed by atoms with E-state index < -0.39 is 9.84 Å². The molecule has 0 unspecified atom stereocenters. The Labute approximate surface area is 176 Å². The highest BCUT2D eigenvalue weighted by molar-refractivity contribution is 7.90. The van der Waals surface area contributed by atoms with Gasteiger partial charge in [-0.2, -0.15) is 0 Å². The van der Waals surface area contributed by atoms with Crippen molar-refractivity contribution in [3.8, 4) is 17.0 Å². The highest BCUT2D eigenvalue weighted by Crippen LogP contribution is 2.27. The zero-order chi connectivity index (χ0) is 22.1. The van der Waals surface area contributed by atoms with Crippen molar-refractivity contribution in [3.05, 3.63) is 54.1 Å². The van der Waals surface area contributed by atoms with Crippen molar-refractivity contribution in [3.63, 3.8) is 0 Å². The standard InChI is InChI=1S/C21H23NO4S.CH2O2/c1-4-25-11-12-26-17-7-10-19-15(2)13-20(22-21(19)14-17)16-5-8-18(9-6-16)27(3,23)24;2-1-3/h5-10,13-14H,4,11-12H2,1-3H3;1H,(H,2,3). The molecule has 3 rings (SSSR count). The average molecular weight is 432 g/mol. The van der Waals surface area contributed by atoms with Crippen molar-refractivity contribution >= 4 is 27.2 Å². The van der Waals surface area contributed by atoms with Crippen molar-refractivity contribution in [1.82, 2.24) is 4.98 Å². The fourth-order valence-corrected chi connectivity index (χ4v) is 3.49. The molecule has 0 amide bonds. The lowest BCUT2D eigenvalue weighted by Gasteiger charge is -2.10. The maximum absolute atomic E-state index is 11.6. The van der Waals surface area contributed by atoms with E-state index in [0.29, 0.717) is 24.7 Å². The number of fused-ring (bicyclic) bond motifs is 1. The van der Waals surface area contributed by atoms with E-state index in [0.717, 1.165) is 33.5 Å². The normalized spacial score (nSPS) is 10.9. The van der Waals surface area contributed by atoms with E-state index in [-0.39, 0.29) is 6.47 Å². The molecule has 1 N–H and O–H groups in total. The van der Waals surface area contributed by atoms with Gasteiger partial charge < -0.3 is 14.6 Å². The molecule has 0 fully saturated rings. The Morgan fingerprint density at radius 3 is 2.33 bits per heavy atom. The predicted molar refractivity (Wildman–Crippen MR) is 116 cm³/mol. The minimum absolute atomic E-state index is 0.250. The fraction of sp³-hybridized carbons (Fsp3) is 0.273. The summed E-state index contributed by atoms with van der Waals surface area (Å²) in [5.41, 5.74) is 3.61. The molecule has 0 spiro atoms. The van der Waals surface area contributed by atoms with E-state index in [2.05, 4.69) is 0 Å². The summed E-state index contributed by atoms with van der Waals surface area (Å²) in [6.45, 7) is 5.45. The first kappa shape index (κ1) is 23.3. The van der Waals surface area contributed by atoms with E-state index in [4.69, 9.17) is 24.4 Å². The van der Waals surface area contributed by atoms with Crippen LogP contribution in [0.4, 0.5) is 0 Å². The number of aromatic nitrogens is 1. The average Bonchev–Trinajstić information content (AvgIpc) is 2.71. The molecule has 8 heteroatoms. The van der Waals surface area contributed by atoms with Crippen molar-refractivity contribution in [1.29, 1.82) is 0 Å². The topological polar surface area (TPSA) is 103 Å². The molecule has 7 nitrogen and oxygen atoms in total. The number of nitrogens with zero attached hydrogens (tertiary/aromatic N) is 1. The van der Waals surface area contributed by atoms with Crippen molar-refractivity contribution in [2.45, 2.75) is 18.7 Å². The molecular weight excluding hydrogens is 406 g/mol. The lowest BCUT2D eigenvalue weighted by Crippen LogP contribution is -2.06. The minimum Gasteiger partial charge on any atom is -0.491 e. The number of rotatable bonds is 7. The zero-order valence-corrected chi connectivity index (χ0v) is 18.0. The fourth-order valence-electron chi connectivity index (χ4n) is 2.86. The summed E-state index contributed by atoms with van der Waals surface area (Å²) in [5.74, 6) is 0.749. The summed E-state index contributed by atoms with van der Waals surface area (Å²) in [7, 11) is -3.21. The number of hydrogen-bond donors (Lipinski definition) is 1. The Hall–Kier alpha value is -2.97. The second-order valence-electron chi connectivity index (χ2n) is 6.45. The van der Waals surface area contributed by atoms with Crippen LogP contribution < -0.4 is 4.74 Å². The SMILES string of the molecule is CCOCCOc1ccc2c(C)cc(-c3ccc(S(C)(=O)=O)cc3)nc2c1.O=CO. The Balaban J connectivity index is 0.00000101. The molecule has 0 aliphatic carbocycles. The molecule has 1 aromatic heterocycles. The van der Waals surface area contributed by atoms with Gasteiger partial charge in [-0.3, -0.25) is 4.79 Å². The summed E-state index contributed by atoms with van der Waals surface area (Å²) >= 11 is 0. The molecule has 0 saturated heterocycles. The Bertz CT molecular complexity index is 1090. The van der Waals surface area contributed by atoms with Gasteiger partial charge in [-0.1, -0.05) is 12.1 Å². The predicted octanol–water partition coefficient (Wildman–Crippen LogP) is 3.73. The second-order valence-corrected chi connectivity index (χ2v) is 8.47.